The molecule has 2 N–H and O–H groups in total. The second-order valence-corrected chi connectivity index (χ2v) is 4.47. The van der Waals surface area contributed by atoms with Crippen LogP contribution < -0.4 is 15.2 Å². The van der Waals surface area contributed by atoms with Crippen LogP contribution in [0.2, 0.25) is 0 Å². The number of benzene rings is 1. The first-order valence-corrected chi connectivity index (χ1v) is 6.45. The average molecular weight is 251 g/mol. The molecule has 1 aliphatic rings. The molecule has 18 heavy (non-hydrogen) atoms. The highest BCUT2D eigenvalue weighted by Gasteiger charge is 2.17. The summed E-state index contributed by atoms with van der Waals surface area (Å²) in [5.41, 5.74) is 6.71. The fraction of sp³-hybridized carbons (Fsp3) is 0.571. The van der Waals surface area contributed by atoms with Crippen molar-refractivity contribution >= 4 is 0 Å². The molecule has 4 nitrogen and oxygen atoms in total. The monoisotopic (exact) mass is 251 g/mol. The number of rotatable bonds is 6. The highest BCUT2D eigenvalue weighted by atomic mass is 16.5. The van der Waals surface area contributed by atoms with Crippen LogP contribution >= 0.6 is 0 Å². The minimum atomic E-state index is 0.221. The zero-order valence-corrected chi connectivity index (χ0v) is 10.9. The van der Waals surface area contributed by atoms with Gasteiger partial charge in [-0.1, -0.05) is 6.07 Å². The van der Waals surface area contributed by atoms with E-state index in [4.69, 9.17) is 19.9 Å². The van der Waals surface area contributed by atoms with Crippen molar-refractivity contribution in [2.45, 2.75) is 25.4 Å². The molecule has 0 amide bonds. The largest absolute Gasteiger partial charge is 0.493 e. The molecule has 0 bridgehead atoms. The molecule has 1 unspecified atom stereocenters. The lowest BCUT2D eigenvalue weighted by molar-refractivity contribution is 0.0669. The Bertz CT molecular complexity index is 375. The molecule has 0 spiro atoms. The Balaban J connectivity index is 1.97. The standard InChI is InChI=1S/C14H21NO3/c1-16-14-9-11(6-7-15)4-5-13(14)18-10-12-3-2-8-17-12/h4-5,9,12H,2-3,6-8,10,15H2,1H3. The van der Waals surface area contributed by atoms with Crippen molar-refractivity contribution in [3.05, 3.63) is 23.8 Å². The summed E-state index contributed by atoms with van der Waals surface area (Å²) < 4.78 is 16.6. The number of hydrogen-bond acceptors (Lipinski definition) is 4. The fourth-order valence-electron chi connectivity index (χ4n) is 2.11. The van der Waals surface area contributed by atoms with Crippen LogP contribution in [-0.4, -0.2) is 33.0 Å². The van der Waals surface area contributed by atoms with Gasteiger partial charge in [-0.2, -0.15) is 0 Å². The molecule has 1 aliphatic heterocycles. The van der Waals surface area contributed by atoms with Crippen LogP contribution in [0.4, 0.5) is 0 Å². The number of ether oxygens (including phenoxy) is 3. The maximum absolute atomic E-state index is 5.76. The molecular weight excluding hydrogens is 230 g/mol. The van der Waals surface area contributed by atoms with Gasteiger partial charge in [0.25, 0.3) is 0 Å². The van der Waals surface area contributed by atoms with E-state index in [1.807, 2.05) is 18.2 Å². The van der Waals surface area contributed by atoms with E-state index in [-0.39, 0.29) is 6.10 Å². The lowest BCUT2D eigenvalue weighted by atomic mass is 10.1. The maximum atomic E-state index is 5.76. The molecule has 0 radical (unpaired) electrons. The summed E-state index contributed by atoms with van der Waals surface area (Å²) in [6, 6.07) is 5.96. The van der Waals surface area contributed by atoms with Crippen molar-refractivity contribution < 1.29 is 14.2 Å². The van der Waals surface area contributed by atoms with Crippen LogP contribution in [0, 0.1) is 0 Å². The predicted molar refractivity (Wildman–Crippen MR) is 70.2 cm³/mol. The van der Waals surface area contributed by atoms with Crippen molar-refractivity contribution in [2.24, 2.45) is 5.73 Å². The summed E-state index contributed by atoms with van der Waals surface area (Å²) >= 11 is 0. The molecule has 4 heteroatoms. The van der Waals surface area contributed by atoms with Gasteiger partial charge >= 0.3 is 0 Å². The van der Waals surface area contributed by atoms with Crippen molar-refractivity contribution in [3.8, 4) is 11.5 Å². The van der Waals surface area contributed by atoms with Crippen LogP contribution in [0.15, 0.2) is 18.2 Å². The highest BCUT2D eigenvalue weighted by molar-refractivity contribution is 5.43. The molecule has 1 aromatic rings. The van der Waals surface area contributed by atoms with E-state index >= 15 is 0 Å². The van der Waals surface area contributed by atoms with Crippen molar-refractivity contribution in [2.75, 3.05) is 26.9 Å². The third-order valence-corrected chi connectivity index (χ3v) is 3.11. The third kappa shape index (κ3) is 3.37. The van der Waals surface area contributed by atoms with Gasteiger partial charge in [-0.25, -0.2) is 0 Å². The van der Waals surface area contributed by atoms with Crippen molar-refractivity contribution in [1.29, 1.82) is 0 Å². The van der Waals surface area contributed by atoms with E-state index in [0.717, 1.165) is 37.4 Å². The lowest BCUT2D eigenvalue weighted by Gasteiger charge is -2.14. The molecule has 0 saturated carbocycles. The summed E-state index contributed by atoms with van der Waals surface area (Å²) in [6.45, 7) is 2.08. The van der Waals surface area contributed by atoms with E-state index < -0.39 is 0 Å². The predicted octanol–water partition coefficient (Wildman–Crippen LogP) is 1.75. The van der Waals surface area contributed by atoms with Crippen LogP contribution in [0.1, 0.15) is 18.4 Å². The van der Waals surface area contributed by atoms with Crippen molar-refractivity contribution in [1.82, 2.24) is 0 Å². The molecule has 0 aliphatic carbocycles. The van der Waals surface area contributed by atoms with E-state index in [1.165, 1.54) is 5.56 Å². The van der Waals surface area contributed by atoms with Gasteiger partial charge in [0.05, 0.1) is 13.2 Å². The summed E-state index contributed by atoms with van der Waals surface area (Å²) in [4.78, 5) is 0. The third-order valence-electron chi connectivity index (χ3n) is 3.11. The first kappa shape index (κ1) is 13.2. The van der Waals surface area contributed by atoms with E-state index in [9.17, 15) is 0 Å². The average Bonchev–Trinajstić information content (AvgIpc) is 2.90. The molecule has 100 valence electrons. The Morgan fingerprint density at radius 3 is 2.94 bits per heavy atom. The maximum Gasteiger partial charge on any atom is 0.161 e. The van der Waals surface area contributed by atoms with Crippen LogP contribution in [0.25, 0.3) is 0 Å². The van der Waals surface area contributed by atoms with E-state index in [0.29, 0.717) is 13.2 Å². The Morgan fingerprint density at radius 2 is 2.28 bits per heavy atom. The van der Waals surface area contributed by atoms with Gasteiger partial charge in [0, 0.05) is 6.61 Å². The molecule has 1 saturated heterocycles. The highest BCUT2D eigenvalue weighted by Crippen LogP contribution is 2.29. The van der Waals surface area contributed by atoms with Gasteiger partial charge in [-0.15, -0.1) is 0 Å². The number of methoxy groups -OCH3 is 1. The first-order chi connectivity index (χ1) is 8.83. The summed E-state index contributed by atoms with van der Waals surface area (Å²) in [5, 5.41) is 0. The number of hydrogen-bond donors (Lipinski definition) is 1. The van der Waals surface area contributed by atoms with Gasteiger partial charge in [0.1, 0.15) is 6.61 Å². The topological polar surface area (TPSA) is 53.7 Å². The van der Waals surface area contributed by atoms with Gasteiger partial charge < -0.3 is 19.9 Å². The molecule has 1 fully saturated rings. The van der Waals surface area contributed by atoms with Gasteiger partial charge in [-0.3, -0.25) is 0 Å². The lowest BCUT2D eigenvalue weighted by Crippen LogP contribution is -2.16. The fourth-order valence-corrected chi connectivity index (χ4v) is 2.11. The quantitative estimate of drug-likeness (QED) is 0.837. The molecule has 2 rings (SSSR count). The molecule has 0 aromatic heterocycles. The Kier molecular flexibility index (Phi) is 4.84. The van der Waals surface area contributed by atoms with Crippen LogP contribution in [0.3, 0.4) is 0 Å². The van der Waals surface area contributed by atoms with E-state index in [1.54, 1.807) is 7.11 Å². The van der Waals surface area contributed by atoms with Gasteiger partial charge in [0.2, 0.25) is 0 Å². The Morgan fingerprint density at radius 1 is 1.39 bits per heavy atom. The zero-order chi connectivity index (χ0) is 12.8. The normalized spacial score (nSPS) is 18.9. The van der Waals surface area contributed by atoms with Crippen molar-refractivity contribution in [3.63, 3.8) is 0 Å². The smallest absolute Gasteiger partial charge is 0.161 e. The minimum absolute atomic E-state index is 0.221. The first-order valence-electron chi connectivity index (χ1n) is 6.45. The van der Waals surface area contributed by atoms with Crippen LogP contribution in [0.5, 0.6) is 11.5 Å². The van der Waals surface area contributed by atoms with Gasteiger partial charge in [0.15, 0.2) is 11.5 Å². The summed E-state index contributed by atoms with van der Waals surface area (Å²) in [5.74, 6) is 1.53. The molecular formula is C14H21NO3. The summed E-state index contributed by atoms with van der Waals surface area (Å²) in [6.07, 6.45) is 3.27. The van der Waals surface area contributed by atoms with E-state index in [2.05, 4.69) is 0 Å². The SMILES string of the molecule is COc1cc(CCN)ccc1OCC1CCCO1. The Hall–Kier alpha value is -1.26. The molecule has 1 heterocycles. The molecule has 1 atom stereocenters. The Labute approximate surface area is 108 Å². The number of nitrogens with two attached hydrogens (primary N) is 1. The summed E-state index contributed by atoms with van der Waals surface area (Å²) in [7, 11) is 1.65. The van der Waals surface area contributed by atoms with Gasteiger partial charge in [-0.05, 0) is 43.5 Å². The zero-order valence-electron chi connectivity index (χ0n) is 10.9. The minimum Gasteiger partial charge on any atom is -0.493 e. The second kappa shape index (κ2) is 6.61. The molecule has 1 aromatic carbocycles. The second-order valence-electron chi connectivity index (χ2n) is 4.47. The van der Waals surface area contributed by atoms with Crippen LogP contribution in [-0.2, 0) is 11.2 Å².